The summed E-state index contributed by atoms with van der Waals surface area (Å²) in [5.74, 6) is 0.745. The molecule has 3 N–H and O–H groups in total. The molecule has 2 atom stereocenters. The van der Waals surface area contributed by atoms with Crippen LogP contribution in [0.2, 0.25) is 0 Å². The van der Waals surface area contributed by atoms with Crippen LogP contribution in [0.25, 0.3) is 0 Å². The minimum Gasteiger partial charge on any atom is -0.345 e. The van der Waals surface area contributed by atoms with Gasteiger partial charge in [-0.05, 0) is 6.92 Å². The van der Waals surface area contributed by atoms with Gasteiger partial charge in [0.25, 0.3) is 0 Å². The molecule has 2 unspecified atom stereocenters. The van der Waals surface area contributed by atoms with Crippen molar-refractivity contribution in [1.29, 1.82) is 0 Å². The lowest BCUT2D eigenvalue weighted by molar-refractivity contribution is -0.124. The Labute approximate surface area is 100.0 Å². The van der Waals surface area contributed by atoms with Crippen LogP contribution in [-0.4, -0.2) is 46.3 Å². The highest BCUT2D eigenvalue weighted by Crippen LogP contribution is 2.07. The predicted octanol–water partition coefficient (Wildman–Crippen LogP) is -1.45. The van der Waals surface area contributed by atoms with Crippen molar-refractivity contribution in [3.05, 3.63) is 12.2 Å². The predicted molar refractivity (Wildman–Crippen MR) is 62.2 cm³/mol. The minimum atomic E-state index is -0.167. The molecule has 0 saturated carbocycles. The first-order valence-corrected chi connectivity index (χ1v) is 5.77. The topological polar surface area (TPSA) is 83.9 Å². The van der Waals surface area contributed by atoms with E-state index in [0.29, 0.717) is 6.54 Å². The van der Waals surface area contributed by atoms with Gasteiger partial charge in [0.2, 0.25) is 5.91 Å². The van der Waals surface area contributed by atoms with Gasteiger partial charge < -0.3 is 20.5 Å². The number of piperazine rings is 1. The molecule has 7 nitrogen and oxygen atoms in total. The van der Waals surface area contributed by atoms with E-state index in [1.165, 1.54) is 0 Å². The van der Waals surface area contributed by atoms with Crippen molar-refractivity contribution < 1.29 is 4.79 Å². The molecule has 1 aliphatic rings. The molecule has 2 rings (SSSR count). The number of hydrogen-bond acceptors (Lipinski definition) is 5. The SMILES string of the molecule is CC(NC(=O)C1CNCCN1)c1nncn1C. The van der Waals surface area contributed by atoms with Crippen molar-refractivity contribution in [3.8, 4) is 0 Å². The minimum absolute atomic E-state index is 0.00676. The van der Waals surface area contributed by atoms with Gasteiger partial charge in [-0.15, -0.1) is 10.2 Å². The third-order valence-corrected chi connectivity index (χ3v) is 2.85. The van der Waals surface area contributed by atoms with Gasteiger partial charge in [0.15, 0.2) is 5.82 Å². The molecule has 1 aromatic heterocycles. The van der Waals surface area contributed by atoms with Gasteiger partial charge in [-0.1, -0.05) is 0 Å². The quantitative estimate of drug-likeness (QED) is 0.600. The van der Waals surface area contributed by atoms with Gasteiger partial charge in [-0.2, -0.15) is 0 Å². The molecule has 2 heterocycles. The van der Waals surface area contributed by atoms with E-state index in [1.807, 2.05) is 14.0 Å². The van der Waals surface area contributed by atoms with Crippen molar-refractivity contribution in [2.45, 2.75) is 19.0 Å². The average Bonchev–Trinajstić information content (AvgIpc) is 2.76. The normalized spacial score (nSPS) is 22.1. The summed E-state index contributed by atoms with van der Waals surface area (Å²) >= 11 is 0. The van der Waals surface area contributed by atoms with E-state index in [-0.39, 0.29) is 18.0 Å². The van der Waals surface area contributed by atoms with Crippen molar-refractivity contribution in [2.24, 2.45) is 7.05 Å². The molecule has 1 saturated heterocycles. The number of aromatic nitrogens is 3. The third kappa shape index (κ3) is 2.80. The lowest BCUT2D eigenvalue weighted by Gasteiger charge is -2.25. The number of nitrogens with zero attached hydrogens (tertiary/aromatic N) is 3. The highest BCUT2D eigenvalue weighted by Gasteiger charge is 2.23. The second-order valence-corrected chi connectivity index (χ2v) is 4.24. The zero-order valence-corrected chi connectivity index (χ0v) is 10.1. The zero-order valence-electron chi connectivity index (χ0n) is 10.1. The van der Waals surface area contributed by atoms with Crippen LogP contribution in [-0.2, 0) is 11.8 Å². The first kappa shape index (κ1) is 12.0. The van der Waals surface area contributed by atoms with Crippen LogP contribution in [0.4, 0.5) is 0 Å². The molecular weight excluding hydrogens is 220 g/mol. The van der Waals surface area contributed by atoms with Crippen molar-refractivity contribution >= 4 is 5.91 Å². The number of aryl methyl sites for hydroxylation is 1. The Morgan fingerprint density at radius 3 is 3.06 bits per heavy atom. The van der Waals surface area contributed by atoms with Crippen molar-refractivity contribution in [2.75, 3.05) is 19.6 Å². The van der Waals surface area contributed by atoms with Crippen molar-refractivity contribution in [1.82, 2.24) is 30.7 Å². The monoisotopic (exact) mass is 238 g/mol. The van der Waals surface area contributed by atoms with E-state index < -0.39 is 0 Å². The number of amides is 1. The molecule has 0 aromatic carbocycles. The van der Waals surface area contributed by atoms with Gasteiger partial charge >= 0.3 is 0 Å². The lowest BCUT2D eigenvalue weighted by Crippen LogP contribution is -2.56. The first-order valence-electron chi connectivity index (χ1n) is 5.77. The van der Waals surface area contributed by atoms with E-state index in [4.69, 9.17) is 0 Å². The highest BCUT2D eigenvalue weighted by molar-refractivity contribution is 5.82. The van der Waals surface area contributed by atoms with E-state index in [0.717, 1.165) is 18.9 Å². The van der Waals surface area contributed by atoms with Crippen LogP contribution >= 0.6 is 0 Å². The average molecular weight is 238 g/mol. The Kier molecular flexibility index (Phi) is 3.70. The molecule has 1 amide bonds. The fourth-order valence-electron chi connectivity index (χ4n) is 1.90. The summed E-state index contributed by atoms with van der Waals surface area (Å²) < 4.78 is 1.80. The molecule has 17 heavy (non-hydrogen) atoms. The maximum Gasteiger partial charge on any atom is 0.239 e. The zero-order chi connectivity index (χ0) is 12.3. The Hall–Kier alpha value is -1.47. The van der Waals surface area contributed by atoms with Crippen LogP contribution < -0.4 is 16.0 Å². The second-order valence-electron chi connectivity index (χ2n) is 4.24. The Morgan fingerprint density at radius 1 is 1.65 bits per heavy atom. The summed E-state index contributed by atoms with van der Waals surface area (Å²) in [7, 11) is 1.86. The summed E-state index contributed by atoms with van der Waals surface area (Å²) in [6, 6.07) is -0.307. The molecule has 7 heteroatoms. The largest absolute Gasteiger partial charge is 0.345 e. The van der Waals surface area contributed by atoms with Gasteiger partial charge in [0.1, 0.15) is 6.33 Å². The fraction of sp³-hybridized carbons (Fsp3) is 0.700. The molecule has 1 aromatic rings. The molecule has 0 bridgehead atoms. The standard InChI is InChI=1S/C10H18N6O/c1-7(9-15-13-6-16(9)2)14-10(17)8-5-11-3-4-12-8/h6-8,11-12H,3-5H2,1-2H3,(H,14,17). The number of carbonyl (C=O) groups is 1. The van der Waals surface area contributed by atoms with Gasteiger partial charge in [0, 0.05) is 26.7 Å². The maximum atomic E-state index is 11.9. The Bertz CT molecular complexity index is 384. The number of carbonyl (C=O) groups excluding carboxylic acids is 1. The van der Waals surface area contributed by atoms with E-state index in [9.17, 15) is 4.79 Å². The molecule has 1 fully saturated rings. The van der Waals surface area contributed by atoms with Crippen LogP contribution in [0.3, 0.4) is 0 Å². The smallest absolute Gasteiger partial charge is 0.239 e. The highest BCUT2D eigenvalue weighted by atomic mass is 16.2. The summed E-state index contributed by atoms with van der Waals surface area (Å²) in [4.78, 5) is 11.9. The van der Waals surface area contributed by atoms with Crippen LogP contribution in [0, 0.1) is 0 Å². The summed E-state index contributed by atoms with van der Waals surface area (Å²) in [5, 5.41) is 17.0. The number of hydrogen-bond donors (Lipinski definition) is 3. The molecular formula is C10H18N6O. The van der Waals surface area contributed by atoms with Crippen molar-refractivity contribution in [3.63, 3.8) is 0 Å². The fourth-order valence-corrected chi connectivity index (χ4v) is 1.90. The summed E-state index contributed by atoms with van der Waals surface area (Å²) in [5.41, 5.74) is 0. The Morgan fingerprint density at radius 2 is 2.47 bits per heavy atom. The van der Waals surface area contributed by atoms with Gasteiger partial charge in [0.05, 0.1) is 12.1 Å². The lowest BCUT2D eigenvalue weighted by atomic mass is 10.2. The number of nitrogens with one attached hydrogen (secondary N) is 3. The number of rotatable bonds is 3. The van der Waals surface area contributed by atoms with Crippen LogP contribution in [0.5, 0.6) is 0 Å². The Balaban J connectivity index is 1.92. The maximum absolute atomic E-state index is 11.9. The van der Waals surface area contributed by atoms with E-state index >= 15 is 0 Å². The molecule has 0 aliphatic carbocycles. The first-order chi connectivity index (χ1) is 8.18. The molecule has 1 aliphatic heterocycles. The second kappa shape index (κ2) is 5.24. The van der Waals surface area contributed by atoms with Gasteiger partial charge in [-0.3, -0.25) is 4.79 Å². The van der Waals surface area contributed by atoms with Gasteiger partial charge in [-0.25, -0.2) is 0 Å². The van der Waals surface area contributed by atoms with Crippen LogP contribution in [0.15, 0.2) is 6.33 Å². The van der Waals surface area contributed by atoms with E-state index in [2.05, 4.69) is 26.1 Å². The van der Waals surface area contributed by atoms with Crippen LogP contribution in [0.1, 0.15) is 18.8 Å². The van der Waals surface area contributed by atoms with E-state index in [1.54, 1.807) is 10.9 Å². The molecule has 0 spiro atoms. The summed E-state index contributed by atoms with van der Waals surface area (Å²) in [6.07, 6.45) is 1.62. The third-order valence-electron chi connectivity index (χ3n) is 2.85. The summed E-state index contributed by atoms with van der Waals surface area (Å²) in [6.45, 7) is 4.29. The molecule has 0 radical (unpaired) electrons. The molecule has 94 valence electrons.